The molecule has 0 amide bonds. The molecule has 0 aliphatic rings. The maximum Gasteiger partial charge on any atom is 0.156 e. The van der Waals surface area contributed by atoms with Crippen molar-refractivity contribution in [2.45, 2.75) is 18.6 Å². The molecule has 0 saturated carbocycles. The molecule has 0 saturated heterocycles. The van der Waals surface area contributed by atoms with Crippen molar-refractivity contribution in [3.05, 3.63) is 115 Å². The maximum absolute atomic E-state index is 12.7. The summed E-state index contributed by atoms with van der Waals surface area (Å²) in [7, 11) is -3.37. The fourth-order valence-corrected chi connectivity index (χ4v) is 5.35. The molecule has 6 heteroatoms. The highest BCUT2D eigenvalue weighted by Crippen LogP contribution is 2.38. The number of aromatic nitrogens is 3. The molecular formula is C33H27N3O2S. The first-order valence-electron chi connectivity index (χ1n) is 12.7. The van der Waals surface area contributed by atoms with E-state index in [4.69, 9.17) is 9.97 Å². The van der Waals surface area contributed by atoms with Gasteiger partial charge in [0.05, 0.1) is 32.7 Å². The van der Waals surface area contributed by atoms with E-state index in [2.05, 4.69) is 11.1 Å². The Kier molecular flexibility index (Phi) is 6.00. The molecule has 0 spiro atoms. The number of benzene rings is 4. The van der Waals surface area contributed by atoms with E-state index in [0.717, 1.165) is 61.1 Å². The predicted molar refractivity (Wildman–Crippen MR) is 159 cm³/mol. The van der Waals surface area contributed by atoms with Gasteiger partial charge in [-0.3, -0.25) is 4.98 Å². The highest BCUT2D eigenvalue weighted by molar-refractivity contribution is 7.91. The van der Waals surface area contributed by atoms with Crippen LogP contribution in [0.2, 0.25) is 0 Å². The van der Waals surface area contributed by atoms with Gasteiger partial charge in [-0.15, -0.1) is 0 Å². The summed E-state index contributed by atoms with van der Waals surface area (Å²) in [6, 6.07) is 33.8. The monoisotopic (exact) mass is 529 g/mol. The minimum Gasteiger partial charge on any atom is -0.256 e. The Balaban J connectivity index is 1.59. The number of hydrogen-bond acceptors (Lipinski definition) is 5. The molecule has 0 radical (unpaired) electrons. The van der Waals surface area contributed by atoms with Gasteiger partial charge in [0.1, 0.15) is 0 Å². The Morgan fingerprint density at radius 2 is 1.26 bits per heavy atom. The van der Waals surface area contributed by atoms with Crippen molar-refractivity contribution in [2.24, 2.45) is 0 Å². The zero-order valence-electron chi connectivity index (χ0n) is 22.0. The Hall–Kier alpha value is -4.42. The fraction of sp³-hybridized carbons (Fsp3) is 0.121. The van der Waals surface area contributed by atoms with Gasteiger partial charge < -0.3 is 0 Å². The SMILES string of the molecule is CC(C)(c1cc(-c2cccc(-c3nc4ccccc4nc3-c3ccccc3)c2)c2ncccc2c1)S(C)(=O)=O. The number of rotatable bonds is 5. The summed E-state index contributed by atoms with van der Waals surface area (Å²) >= 11 is 0. The van der Waals surface area contributed by atoms with Gasteiger partial charge in [0.15, 0.2) is 9.84 Å². The van der Waals surface area contributed by atoms with E-state index in [1.54, 1.807) is 20.0 Å². The van der Waals surface area contributed by atoms with Gasteiger partial charge in [0, 0.05) is 34.5 Å². The molecule has 0 N–H and O–H groups in total. The molecule has 0 unspecified atom stereocenters. The average Bonchev–Trinajstić information content (AvgIpc) is 2.96. The number of sulfone groups is 1. The summed E-state index contributed by atoms with van der Waals surface area (Å²) in [6.07, 6.45) is 3.05. The van der Waals surface area contributed by atoms with Crippen LogP contribution in [0.4, 0.5) is 0 Å². The fourth-order valence-electron chi connectivity index (χ4n) is 4.81. The van der Waals surface area contributed by atoms with Crippen LogP contribution >= 0.6 is 0 Å². The third-order valence-corrected chi connectivity index (χ3v) is 9.48. The number of hydrogen-bond donors (Lipinski definition) is 0. The van der Waals surface area contributed by atoms with E-state index >= 15 is 0 Å². The van der Waals surface area contributed by atoms with Crippen LogP contribution in [0.5, 0.6) is 0 Å². The first-order chi connectivity index (χ1) is 18.7. The molecule has 0 bridgehead atoms. The summed E-state index contributed by atoms with van der Waals surface area (Å²) in [6.45, 7) is 3.49. The van der Waals surface area contributed by atoms with Crippen LogP contribution in [0, 0.1) is 0 Å². The minimum absolute atomic E-state index is 0.723. The van der Waals surface area contributed by atoms with Crippen LogP contribution in [-0.4, -0.2) is 29.6 Å². The Labute approximate surface area is 228 Å². The second-order valence-electron chi connectivity index (χ2n) is 10.2. The summed E-state index contributed by atoms with van der Waals surface area (Å²) in [5.74, 6) is 0. The standard InChI is InChI=1S/C33H27N3O2S/c1-33(2,39(3,37)38)26-20-25-15-10-18-34-30(25)27(21-26)23-13-9-14-24(19-23)32-31(22-11-5-4-6-12-22)35-28-16-7-8-17-29(28)36-32/h4-21H,1-3H3. The number of nitrogens with zero attached hydrogens (tertiary/aromatic N) is 3. The van der Waals surface area contributed by atoms with Crippen molar-refractivity contribution < 1.29 is 8.42 Å². The van der Waals surface area contributed by atoms with Gasteiger partial charge in [-0.05, 0) is 61.4 Å². The van der Waals surface area contributed by atoms with Crippen LogP contribution in [0.15, 0.2) is 109 Å². The lowest BCUT2D eigenvalue weighted by Gasteiger charge is -2.24. The third-order valence-electron chi connectivity index (χ3n) is 7.39. The molecule has 0 aliphatic carbocycles. The highest BCUT2D eigenvalue weighted by atomic mass is 32.2. The smallest absolute Gasteiger partial charge is 0.156 e. The van der Waals surface area contributed by atoms with Crippen molar-refractivity contribution in [1.82, 2.24) is 15.0 Å². The summed E-state index contributed by atoms with van der Waals surface area (Å²) < 4.78 is 24.4. The normalized spacial score (nSPS) is 12.2. The second kappa shape index (κ2) is 9.40. The first-order valence-corrected chi connectivity index (χ1v) is 14.6. The molecule has 0 fully saturated rings. The first kappa shape index (κ1) is 24.9. The third kappa shape index (κ3) is 4.47. The number of fused-ring (bicyclic) bond motifs is 2. The van der Waals surface area contributed by atoms with Gasteiger partial charge in [-0.1, -0.05) is 66.7 Å². The van der Waals surface area contributed by atoms with Crippen LogP contribution in [0.25, 0.3) is 55.6 Å². The molecule has 192 valence electrons. The maximum atomic E-state index is 12.7. The molecule has 2 aromatic heterocycles. The van der Waals surface area contributed by atoms with Gasteiger partial charge in [-0.25, -0.2) is 18.4 Å². The lowest BCUT2D eigenvalue weighted by molar-refractivity contribution is 0.561. The minimum atomic E-state index is -3.37. The van der Waals surface area contributed by atoms with Crippen molar-refractivity contribution in [3.8, 4) is 33.6 Å². The van der Waals surface area contributed by atoms with E-state index in [1.165, 1.54) is 6.26 Å². The molecule has 6 aromatic rings. The van der Waals surface area contributed by atoms with E-state index in [1.807, 2.05) is 97.1 Å². The Bertz CT molecular complexity index is 1970. The summed E-state index contributed by atoms with van der Waals surface area (Å²) in [4.78, 5) is 14.7. The summed E-state index contributed by atoms with van der Waals surface area (Å²) in [5.41, 5.74) is 8.49. The van der Waals surface area contributed by atoms with Crippen LogP contribution < -0.4 is 0 Å². The molecule has 2 heterocycles. The van der Waals surface area contributed by atoms with Gasteiger partial charge >= 0.3 is 0 Å². The number of para-hydroxylation sites is 2. The Morgan fingerprint density at radius 1 is 0.641 bits per heavy atom. The second-order valence-corrected chi connectivity index (χ2v) is 12.8. The predicted octanol–water partition coefficient (Wildman–Crippen LogP) is 7.46. The zero-order chi connectivity index (χ0) is 27.2. The zero-order valence-corrected chi connectivity index (χ0v) is 22.8. The van der Waals surface area contributed by atoms with Crippen molar-refractivity contribution >= 4 is 31.8 Å². The molecule has 6 rings (SSSR count). The van der Waals surface area contributed by atoms with E-state index in [0.29, 0.717) is 0 Å². The summed E-state index contributed by atoms with van der Waals surface area (Å²) in [5, 5.41) is 0.891. The van der Waals surface area contributed by atoms with E-state index in [9.17, 15) is 8.42 Å². The molecule has 4 aromatic carbocycles. The lowest BCUT2D eigenvalue weighted by atomic mass is 9.92. The van der Waals surface area contributed by atoms with Gasteiger partial charge in [0.25, 0.3) is 0 Å². The molecule has 5 nitrogen and oxygen atoms in total. The van der Waals surface area contributed by atoms with Crippen LogP contribution in [0.3, 0.4) is 0 Å². The average molecular weight is 530 g/mol. The van der Waals surface area contributed by atoms with Gasteiger partial charge in [0.2, 0.25) is 0 Å². The van der Waals surface area contributed by atoms with Crippen LogP contribution in [-0.2, 0) is 14.6 Å². The molecule has 0 atom stereocenters. The molecular weight excluding hydrogens is 502 g/mol. The lowest BCUT2D eigenvalue weighted by Crippen LogP contribution is -2.28. The topological polar surface area (TPSA) is 72.8 Å². The quantitative estimate of drug-likeness (QED) is 0.232. The Morgan fingerprint density at radius 3 is 1.95 bits per heavy atom. The number of pyridine rings is 1. The molecule has 0 aliphatic heterocycles. The van der Waals surface area contributed by atoms with Crippen molar-refractivity contribution in [3.63, 3.8) is 0 Å². The van der Waals surface area contributed by atoms with E-state index < -0.39 is 14.6 Å². The van der Waals surface area contributed by atoms with Crippen LogP contribution in [0.1, 0.15) is 19.4 Å². The molecule has 39 heavy (non-hydrogen) atoms. The van der Waals surface area contributed by atoms with E-state index in [-0.39, 0.29) is 0 Å². The van der Waals surface area contributed by atoms with Crippen molar-refractivity contribution in [2.75, 3.05) is 6.26 Å². The largest absolute Gasteiger partial charge is 0.256 e. The van der Waals surface area contributed by atoms with Crippen molar-refractivity contribution in [1.29, 1.82) is 0 Å². The highest BCUT2D eigenvalue weighted by Gasteiger charge is 2.33. The van der Waals surface area contributed by atoms with Gasteiger partial charge in [-0.2, -0.15) is 0 Å².